The number of hydrogen-bond donors (Lipinski definition) is 0. The lowest BCUT2D eigenvalue weighted by atomic mass is 10.3. The van der Waals surface area contributed by atoms with Gasteiger partial charge in [0.1, 0.15) is 0 Å². The van der Waals surface area contributed by atoms with E-state index in [0.717, 1.165) is 10.5 Å². The highest BCUT2D eigenvalue weighted by molar-refractivity contribution is 8.03. The Morgan fingerprint density at radius 2 is 1.67 bits per heavy atom. The van der Waals surface area contributed by atoms with E-state index in [2.05, 4.69) is 0 Å². The van der Waals surface area contributed by atoms with Gasteiger partial charge in [0.05, 0.1) is 0 Å². The zero-order valence-corrected chi connectivity index (χ0v) is 7.13. The molecule has 0 aromatic carbocycles. The van der Waals surface area contributed by atoms with Crippen molar-refractivity contribution >= 4 is 17.5 Å². The molecule has 0 amide bonds. The fraction of sp³-hybridized carbons (Fsp3) is 0.571. The fourth-order valence-electron chi connectivity index (χ4n) is 0.700. The third-order valence-electron chi connectivity index (χ3n) is 0.978. The van der Waals surface area contributed by atoms with Gasteiger partial charge >= 0.3 is 0 Å². The predicted octanol–water partition coefficient (Wildman–Crippen LogP) is 2.23. The summed E-state index contributed by atoms with van der Waals surface area (Å²) in [4.78, 5) is 11.6. The van der Waals surface area contributed by atoms with Gasteiger partial charge in [-0.1, -0.05) is 5.57 Å². The number of carbonyl (C=O) groups is 1. The van der Waals surface area contributed by atoms with Crippen molar-refractivity contribution in [2.45, 2.75) is 20.8 Å². The Hall–Kier alpha value is -0.240. The van der Waals surface area contributed by atoms with Crippen LogP contribution in [0.3, 0.4) is 0 Å². The molecule has 9 heavy (non-hydrogen) atoms. The summed E-state index contributed by atoms with van der Waals surface area (Å²) < 4.78 is 0. The Morgan fingerprint density at radius 3 is 1.67 bits per heavy atom. The molecule has 0 aromatic rings. The van der Waals surface area contributed by atoms with Crippen molar-refractivity contribution in [3.63, 3.8) is 0 Å². The predicted molar refractivity (Wildman–Crippen MR) is 42.6 cm³/mol. The summed E-state index contributed by atoms with van der Waals surface area (Å²) in [5.74, 6) is 0.169. The molecule has 0 aliphatic carbocycles. The number of rotatable bonds is 2. The maximum Gasteiger partial charge on any atom is 0.166 e. The molecule has 0 aromatic heterocycles. The van der Waals surface area contributed by atoms with Gasteiger partial charge in [-0.15, -0.1) is 11.8 Å². The lowest BCUT2D eigenvalue weighted by Crippen LogP contribution is -1.93. The van der Waals surface area contributed by atoms with Crippen molar-refractivity contribution in [1.29, 1.82) is 0 Å². The van der Waals surface area contributed by atoms with Crippen LogP contribution in [-0.4, -0.2) is 12.0 Å². The highest BCUT2D eigenvalue weighted by Crippen LogP contribution is 2.16. The third kappa shape index (κ3) is 2.70. The van der Waals surface area contributed by atoms with Crippen LogP contribution >= 0.6 is 11.8 Å². The van der Waals surface area contributed by atoms with E-state index in [4.69, 9.17) is 0 Å². The number of Topliss-reactive ketones (excluding diaryl/α,β-unsaturated/α-hetero) is 1. The second kappa shape index (κ2) is 3.72. The van der Waals surface area contributed by atoms with Gasteiger partial charge in [0.15, 0.2) is 5.78 Å². The van der Waals surface area contributed by atoms with Crippen molar-refractivity contribution in [2.75, 3.05) is 6.26 Å². The molecule has 52 valence electrons. The van der Waals surface area contributed by atoms with Crippen LogP contribution in [0.2, 0.25) is 0 Å². The Labute approximate surface area is 60.5 Å². The van der Waals surface area contributed by atoms with Crippen LogP contribution in [0.15, 0.2) is 10.5 Å². The zero-order chi connectivity index (χ0) is 7.44. The molecule has 0 N–H and O–H groups in total. The number of thioether (sulfide) groups is 1. The molecule has 0 bridgehead atoms. The van der Waals surface area contributed by atoms with Gasteiger partial charge in [0.25, 0.3) is 0 Å². The Bertz CT molecular complexity index is 143. The van der Waals surface area contributed by atoms with Gasteiger partial charge in [-0.05, 0) is 27.0 Å². The van der Waals surface area contributed by atoms with Crippen molar-refractivity contribution in [3.8, 4) is 0 Å². The van der Waals surface area contributed by atoms with E-state index in [9.17, 15) is 4.79 Å². The molecule has 0 spiro atoms. The average Bonchev–Trinajstić information content (AvgIpc) is 1.64. The van der Waals surface area contributed by atoms with Crippen LogP contribution in [0, 0.1) is 0 Å². The van der Waals surface area contributed by atoms with E-state index in [1.807, 2.05) is 20.1 Å². The number of ketones is 1. The Balaban J connectivity index is 4.35. The molecule has 0 radical (unpaired) electrons. The summed E-state index contributed by atoms with van der Waals surface area (Å²) in [6, 6.07) is 0. The molecular formula is C7H12OS. The Morgan fingerprint density at radius 1 is 1.22 bits per heavy atom. The summed E-state index contributed by atoms with van der Waals surface area (Å²) in [6.45, 7) is 5.50. The van der Waals surface area contributed by atoms with Crippen LogP contribution in [0.4, 0.5) is 0 Å². The topological polar surface area (TPSA) is 17.1 Å². The van der Waals surface area contributed by atoms with Gasteiger partial charge in [0.2, 0.25) is 0 Å². The summed E-state index contributed by atoms with van der Waals surface area (Å²) >= 11 is 1.52. The van der Waals surface area contributed by atoms with Crippen molar-refractivity contribution in [1.82, 2.24) is 0 Å². The largest absolute Gasteiger partial charge is 0.294 e. The lowest BCUT2D eigenvalue weighted by molar-refractivity contribution is -0.113. The summed E-state index contributed by atoms with van der Waals surface area (Å²) in [5, 5.41) is 0. The monoisotopic (exact) mass is 144 g/mol. The molecule has 1 nitrogen and oxygen atoms in total. The SMILES string of the molecule is CSC(C(C)=O)=C(C)C. The van der Waals surface area contributed by atoms with Crippen LogP contribution < -0.4 is 0 Å². The summed E-state index contributed by atoms with van der Waals surface area (Å²) in [7, 11) is 0. The maximum absolute atomic E-state index is 10.7. The van der Waals surface area contributed by atoms with E-state index in [0.29, 0.717) is 0 Å². The second-order valence-electron chi connectivity index (χ2n) is 2.09. The van der Waals surface area contributed by atoms with Gasteiger partial charge < -0.3 is 0 Å². The van der Waals surface area contributed by atoms with E-state index < -0.39 is 0 Å². The molecule has 0 atom stereocenters. The molecule has 0 aliphatic rings. The molecule has 0 aliphatic heterocycles. The standard InChI is InChI=1S/C7H12OS/c1-5(2)7(9-4)6(3)8/h1-4H3. The first-order chi connectivity index (χ1) is 4.09. The van der Waals surface area contributed by atoms with Crippen LogP contribution in [0.1, 0.15) is 20.8 Å². The number of hydrogen-bond acceptors (Lipinski definition) is 2. The molecule has 2 heteroatoms. The van der Waals surface area contributed by atoms with E-state index in [-0.39, 0.29) is 5.78 Å². The maximum atomic E-state index is 10.7. The quantitative estimate of drug-likeness (QED) is 0.553. The fourth-order valence-corrected chi connectivity index (χ4v) is 1.40. The molecule has 0 unspecified atom stereocenters. The Kier molecular flexibility index (Phi) is 3.62. The van der Waals surface area contributed by atoms with E-state index in [1.165, 1.54) is 11.8 Å². The third-order valence-corrected chi connectivity index (χ3v) is 2.08. The lowest BCUT2D eigenvalue weighted by Gasteiger charge is -1.99. The molecule has 0 saturated carbocycles. The van der Waals surface area contributed by atoms with Gasteiger partial charge in [-0.3, -0.25) is 4.79 Å². The van der Waals surface area contributed by atoms with E-state index in [1.54, 1.807) is 6.92 Å². The van der Waals surface area contributed by atoms with Crippen molar-refractivity contribution < 1.29 is 4.79 Å². The highest BCUT2D eigenvalue weighted by Gasteiger charge is 2.01. The van der Waals surface area contributed by atoms with Gasteiger partial charge in [-0.2, -0.15) is 0 Å². The average molecular weight is 144 g/mol. The van der Waals surface area contributed by atoms with Crippen LogP contribution in [0.5, 0.6) is 0 Å². The molecule has 0 rings (SSSR count). The highest BCUT2D eigenvalue weighted by atomic mass is 32.2. The smallest absolute Gasteiger partial charge is 0.166 e. The van der Waals surface area contributed by atoms with Crippen molar-refractivity contribution in [3.05, 3.63) is 10.5 Å². The van der Waals surface area contributed by atoms with E-state index >= 15 is 0 Å². The zero-order valence-electron chi connectivity index (χ0n) is 6.32. The first-order valence-corrected chi connectivity index (χ1v) is 4.04. The van der Waals surface area contributed by atoms with Crippen LogP contribution in [-0.2, 0) is 4.79 Å². The summed E-state index contributed by atoms with van der Waals surface area (Å²) in [5.41, 5.74) is 1.11. The normalized spacial score (nSPS) is 8.89. The minimum atomic E-state index is 0.169. The van der Waals surface area contributed by atoms with Crippen molar-refractivity contribution in [2.24, 2.45) is 0 Å². The molecular weight excluding hydrogens is 132 g/mol. The minimum Gasteiger partial charge on any atom is -0.294 e. The summed E-state index contributed by atoms with van der Waals surface area (Å²) in [6.07, 6.45) is 1.92. The van der Waals surface area contributed by atoms with Crippen LogP contribution in [0.25, 0.3) is 0 Å². The van der Waals surface area contributed by atoms with Gasteiger partial charge in [-0.25, -0.2) is 0 Å². The second-order valence-corrected chi connectivity index (χ2v) is 2.91. The molecule has 0 heterocycles. The number of allylic oxidation sites excluding steroid dienone is 2. The first-order valence-electron chi connectivity index (χ1n) is 2.82. The first kappa shape index (κ1) is 8.76. The molecule has 0 saturated heterocycles. The minimum absolute atomic E-state index is 0.169. The van der Waals surface area contributed by atoms with Gasteiger partial charge in [0, 0.05) is 4.91 Å². The number of carbonyl (C=O) groups excluding carboxylic acids is 1. The molecule has 0 fully saturated rings.